The number of rotatable bonds is 7. The molecule has 0 saturated heterocycles. The van der Waals surface area contributed by atoms with Crippen LogP contribution in [0.1, 0.15) is 35.6 Å². The highest BCUT2D eigenvalue weighted by molar-refractivity contribution is 7.80. The number of thiophene rings is 1. The zero-order valence-corrected chi connectivity index (χ0v) is 17.0. The first-order chi connectivity index (χ1) is 12.7. The molecule has 0 saturated carbocycles. The standard InChI is InChI=1S/C23H25NS2/c1-3-17(2)24-16-23-22(25)15-21(26-23)14-11-18-9-12-20(13-10-18)19-7-5-4-6-8-19/h4-15,17,24-25H,3,16H2,1-2H3/b14-11+. The fraction of sp³-hybridized carbons (Fsp3) is 0.217. The fourth-order valence-electron chi connectivity index (χ4n) is 2.65. The molecule has 1 atom stereocenters. The van der Waals surface area contributed by atoms with E-state index in [-0.39, 0.29) is 0 Å². The van der Waals surface area contributed by atoms with Gasteiger partial charge in [-0.1, -0.05) is 67.6 Å². The Kier molecular flexibility index (Phi) is 6.73. The maximum Gasteiger partial charge on any atom is 0.0323 e. The van der Waals surface area contributed by atoms with E-state index >= 15 is 0 Å². The first kappa shape index (κ1) is 19.0. The molecule has 0 aliphatic carbocycles. The lowest BCUT2D eigenvalue weighted by Crippen LogP contribution is -2.24. The number of nitrogens with one attached hydrogen (secondary N) is 1. The van der Waals surface area contributed by atoms with Gasteiger partial charge in [0.15, 0.2) is 0 Å². The van der Waals surface area contributed by atoms with Crippen LogP contribution in [0, 0.1) is 0 Å². The Morgan fingerprint density at radius 2 is 1.69 bits per heavy atom. The third-order valence-electron chi connectivity index (χ3n) is 4.49. The van der Waals surface area contributed by atoms with Gasteiger partial charge in [-0.2, -0.15) is 0 Å². The molecule has 3 rings (SSSR count). The van der Waals surface area contributed by atoms with Crippen LogP contribution in [0.5, 0.6) is 0 Å². The normalized spacial score (nSPS) is 12.6. The SMILES string of the molecule is CCC(C)NCc1sc(/C=C/c2ccc(-c3ccccc3)cc2)cc1S. The van der Waals surface area contributed by atoms with Crippen LogP contribution in [0.25, 0.3) is 23.3 Å². The minimum absolute atomic E-state index is 0.534. The van der Waals surface area contributed by atoms with Gasteiger partial charge in [-0.25, -0.2) is 0 Å². The van der Waals surface area contributed by atoms with Crippen LogP contribution < -0.4 is 5.32 Å². The Bertz CT molecular complexity index is 848. The van der Waals surface area contributed by atoms with E-state index in [2.05, 4.69) is 98.5 Å². The number of benzene rings is 2. The highest BCUT2D eigenvalue weighted by Gasteiger charge is 2.06. The minimum atomic E-state index is 0.534. The summed E-state index contributed by atoms with van der Waals surface area (Å²) < 4.78 is 0. The second kappa shape index (κ2) is 9.22. The summed E-state index contributed by atoms with van der Waals surface area (Å²) in [6.07, 6.45) is 5.48. The summed E-state index contributed by atoms with van der Waals surface area (Å²) in [6.45, 7) is 5.30. The Labute approximate surface area is 166 Å². The van der Waals surface area contributed by atoms with E-state index in [0.29, 0.717) is 6.04 Å². The summed E-state index contributed by atoms with van der Waals surface area (Å²) in [5, 5.41) is 3.54. The maximum atomic E-state index is 4.62. The van der Waals surface area contributed by atoms with E-state index in [1.807, 2.05) is 6.07 Å². The van der Waals surface area contributed by atoms with Crippen molar-refractivity contribution in [1.82, 2.24) is 5.32 Å². The summed E-state index contributed by atoms with van der Waals surface area (Å²) in [4.78, 5) is 3.61. The quantitative estimate of drug-likeness (QED) is 0.432. The molecule has 3 heteroatoms. The van der Waals surface area contributed by atoms with Gasteiger partial charge in [-0.05, 0) is 42.2 Å². The van der Waals surface area contributed by atoms with Gasteiger partial charge in [0.05, 0.1) is 0 Å². The summed E-state index contributed by atoms with van der Waals surface area (Å²) in [5.41, 5.74) is 3.70. The predicted octanol–water partition coefficient (Wildman–Crippen LogP) is 6.76. The Balaban J connectivity index is 1.66. The molecular formula is C23H25NS2. The summed E-state index contributed by atoms with van der Waals surface area (Å²) in [6, 6.07) is 21.8. The van der Waals surface area contributed by atoms with E-state index in [1.165, 1.54) is 26.4 Å². The van der Waals surface area contributed by atoms with Crippen LogP contribution in [0.2, 0.25) is 0 Å². The van der Waals surface area contributed by atoms with Crippen molar-refractivity contribution in [3.63, 3.8) is 0 Å². The lowest BCUT2D eigenvalue weighted by atomic mass is 10.0. The van der Waals surface area contributed by atoms with E-state index in [0.717, 1.165) is 17.9 Å². The number of hydrogen-bond donors (Lipinski definition) is 2. The van der Waals surface area contributed by atoms with Crippen LogP contribution in [0.3, 0.4) is 0 Å². The molecule has 1 nitrogen and oxygen atoms in total. The third kappa shape index (κ3) is 5.10. The van der Waals surface area contributed by atoms with E-state index < -0.39 is 0 Å². The molecule has 134 valence electrons. The number of thiol groups is 1. The molecule has 1 heterocycles. The van der Waals surface area contributed by atoms with E-state index in [4.69, 9.17) is 0 Å². The Morgan fingerprint density at radius 1 is 1.00 bits per heavy atom. The molecule has 0 bridgehead atoms. The van der Waals surface area contributed by atoms with Crippen LogP contribution in [0.15, 0.2) is 65.6 Å². The predicted molar refractivity (Wildman–Crippen MR) is 119 cm³/mol. The van der Waals surface area contributed by atoms with Gasteiger partial charge in [0.1, 0.15) is 0 Å². The molecule has 0 amide bonds. The Morgan fingerprint density at radius 3 is 2.38 bits per heavy atom. The van der Waals surface area contributed by atoms with E-state index in [9.17, 15) is 0 Å². The smallest absolute Gasteiger partial charge is 0.0323 e. The molecule has 0 radical (unpaired) electrons. The highest BCUT2D eigenvalue weighted by atomic mass is 32.1. The second-order valence-corrected chi connectivity index (χ2v) is 8.12. The average molecular weight is 380 g/mol. The first-order valence-electron chi connectivity index (χ1n) is 9.04. The fourth-order valence-corrected chi connectivity index (χ4v) is 4.01. The van der Waals surface area contributed by atoms with Crippen molar-refractivity contribution in [2.45, 2.75) is 37.8 Å². The van der Waals surface area contributed by atoms with Gasteiger partial charge >= 0.3 is 0 Å². The summed E-state index contributed by atoms with van der Waals surface area (Å²) >= 11 is 6.43. The second-order valence-electron chi connectivity index (χ2n) is 6.47. The van der Waals surface area contributed by atoms with Gasteiger partial charge in [0, 0.05) is 27.2 Å². The Hall–Kier alpha value is -1.81. The van der Waals surface area contributed by atoms with Gasteiger partial charge in [0.25, 0.3) is 0 Å². The average Bonchev–Trinajstić information content (AvgIpc) is 3.05. The summed E-state index contributed by atoms with van der Waals surface area (Å²) in [7, 11) is 0. The maximum absolute atomic E-state index is 4.62. The monoisotopic (exact) mass is 379 g/mol. The van der Waals surface area contributed by atoms with Gasteiger partial charge in [-0.3, -0.25) is 0 Å². The van der Waals surface area contributed by atoms with Crippen molar-refractivity contribution < 1.29 is 0 Å². The lowest BCUT2D eigenvalue weighted by molar-refractivity contribution is 0.535. The zero-order chi connectivity index (χ0) is 18.4. The highest BCUT2D eigenvalue weighted by Crippen LogP contribution is 2.27. The zero-order valence-electron chi connectivity index (χ0n) is 15.3. The van der Waals surface area contributed by atoms with Gasteiger partial charge in [-0.15, -0.1) is 24.0 Å². The van der Waals surface area contributed by atoms with Crippen LogP contribution in [-0.2, 0) is 6.54 Å². The van der Waals surface area contributed by atoms with Crippen LogP contribution in [-0.4, -0.2) is 6.04 Å². The van der Waals surface area contributed by atoms with Gasteiger partial charge in [0.2, 0.25) is 0 Å². The number of hydrogen-bond acceptors (Lipinski definition) is 3. The van der Waals surface area contributed by atoms with Crippen molar-refractivity contribution in [3.05, 3.63) is 76.0 Å². The summed E-state index contributed by atoms with van der Waals surface area (Å²) in [5.74, 6) is 0. The van der Waals surface area contributed by atoms with Gasteiger partial charge < -0.3 is 5.32 Å². The topological polar surface area (TPSA) is 12.0 Å². The molecule has 1 aromatic heterocycles. The van der Waals surface area contributed by atoms with Crippen LogP contribution in [0.4, 0.5) is 0 Å². The molecule has 2 aromatic carbocycles. The molecule has 3 aromatic rings. The lowest BCUT2D eigenvalue weighted by Gasteiger charge is -2.09. The molecule has 0 aliphatic rings. The molecule has 26 heavy (non-hydrogen) atoms. The third-order valence-corrected chi connectivity index (χ3v) is 6.14. The van der Waals surface area contributed by atoms with Crippen molar-refractivity contribution in [2.24, 2.45) is 0 Å². The largest absolute Gasteiger partial charge is 0.309 e. The molecule has 1 N–H and O–H groups in total. The van der Waals surface area contributed by atoms with Crippen molar-refractivity contribution >= 4 is 36.1 Å². The van der Waals surface area contributed by atoms with Crippen LogP contribution >= 0.6 is 24.0 Å². The van der Waals surface area contributed by atoms with Crippen molar-refractivity contribution in [2.75, 3.05) is 0 Å². The minimum Gasteiger partial charge on any atom is -0.309 e. The molecule has 1 unspecified atom stereocenters. The first-order valence-corrected chi connectivity index (χ1v) is 10.3. The van der Waals surface area contributed by atoms with Crippen molar-refractivity contribution in [1.29, 1.82) is 0 Å². The molecule has 0 fully saturated rings. The molecule has 0 aliphatic heterocycles. The van der Waals surface area contributed by atoms with Crippen molar-refractivity contribution in [3.8, 4) is 11.1 Å². The molecule has 0 spiro atoms. The van der Waals surface area contributed by atoms with E-state index in [1.54, 1.807) is 11.3 Å². The molecular weight excluding hydrogens is 354 g/mol.